The van der Waals surface area contributed by atoms with Crippen molar-refractivity contribution >= 4 is 11.9 Å². The van der Waals surface area contributed by atoms with Gasteiger partial charge in [0.2, 0.25) is 5.91 Å². The maximum atomic E-state index is 10.8. The molecule has 0 aromatic carbocycles. The third-order valence-corrected chi connectivity index (χ3v) is 2.57. The lowest BCUT2D eigenvalue weighted by Gasteiger charge is -2.08. The second-order valence-electron chi connectivity index (χ2n) is 4.16. The quantitative estimate of drug-likeness (QED) is 0.781. The third-order valence-electron chi connectivity index (χ3n) is 2.57. The summed E-state index contributed by atoms with van der Waals surface area (Å²) in [6, 6.07) is -0.258. The first-order valence-corrected chi connectivity index (χ1v) is 6.42. The van der Waals surface area contributed by atoms with Gasteiger partial charge in [-0.05, 0) is 12.8 Å². The number of hydrogen-bond donors (Lipinski definition) is 2. The molecule has 0 spiro atoms. The standard InChI is InChI=1S/C6H10N2O2.C6H10N2O/c1-2-3-8-5(9)4-7-6(8)10;1-2-4-8-5-3-7-6(8)9/h2-4H2,1H3,(H,7,10);3,5H,2,4H2,1H3,(H,7,9). The maximum absolute atomic E-state index is 10.8. The Morgan fingerprint density at radius 3 is 2.26 bits per heavy atom. The van der Waals surface area contributed by atoms with Gasteiger partial charge in [-0.2, -0.15) is 0 Å². The molecule has 0 aliphatic carbocycles. The average Bonchev–Trinajstić information content (AvgIpc) is 2.92. The second-order valence-corrected chi connectivity index (χ2v) is 4.16. The van der Waals surface area contributed by atoms with Crippen LogP contribution in [0.1, 0.15) is 26.7 Å². The minimum Gasteiger partial charge on any atom is -0.329 e. The summed E-state index contributed by atoms with van der Waals surface area (Å²) in [4.78, 5) is 36.1. The number of rotatable bonds is 4. The van der Waals surface area contributed by atoms with E-state index in [1.54, 1.807) is 17.0 Å². The predicted octanol–water partition coefficient (Wildman–Crippen LogP) is 0.535. The van der Waals surface area contributed by atoms with E-state index < -0.39 is 0 Å². The average molecular weight is 268 g/mol. The number of carbonyl (C=O) groups excluding carboxylic acids is 2. The Morgan fingerprint density at radius 2 is 1.84 bits per heavy atom. The number of nitrogens with zero attached hydrogens (tertiary/aromatic N) is 2. The Balaban J connectivity index is 0.000000191. The molecule has 0 radical (unpaired) electrons. The SMILES string of the molecule is CCCN1C(=O)CNC1=O.CCCn1cc[nH]c1=O. The smallest absolute Gasteiger partial charge is 0.325 e. The number of nitrogens with one attached hydrogen (secondary N) is 2. The summed E-state index contributed by atoms with van der Waals surface area (Å²) >= 11 is 0. The topological polar surface area (TPSA) is 87.2 Å². The van der Waals surface area contributed by atoms with Gasteiger partial charge in [0.1, 0.15) is 0 Å². The summed E-state index contributed by atoms with van der Waals surface area (Å²) in [5.74, 6) is -0.119. The summed E-state index contributed by atoms with van der Waals surface area (Å²) in [6.07, 6.45) is 5.22. The first kappa shape index (κ1) is 15.0. The summed E-state index contributed by atoms with van der Waals surface area (Å²) in [5, 5.41) is 2.44. The lowest BCUT2D eigenvalue weighted by molar-refractivity contribution is -0.124. The van der Waals surface area contributed by atoms with E-state index in [4.69, 9.17) is 0 Å². The van der Waals surface area contributed by atoms with Crippen molar-refractivity contribution in [2.75, 3.05) is 13.1 Å². The van der Waals surface area contributed by atoms with Crippen LogP contribution in [0.25, 0.3) is 0 Å². The molecular weight excluding hydrogens is 248 g/mol. The van der Waals surface area contributed by atoms with Crippen LogP contribution in [0.5, 0.6) is 0 Å². The summed E-state index contributed by atoms with van der Waals surface area (Å²) in [6.45, 7) is 5.48. The maximum Gasteiger partial charge on any atom is 0.325 e. The van der Waals surface area contributed by atoms with Crippen molar-refractivity contribution in [1.29, 1.82) is 0 Å². The van der Waals surface area contributed by atoms with E-state index in [-0.39, 0.29) is 24.2 Å². The molecule has 1 saturated heterocycles. The van der Waals surface area contributed by atoms with Crippen LogP contribution in [-0.4, -0.2) is 39.5 Å². The van der Waals surface area contributed by atoms with E-state index in [1.807, 2.05) is 13.8 Å². The Bertz CT molecular complexity index is 461. The molecule has 7 nitrogen and oxygen atoms in total. The fourth-order valence-electron chi connectivity index (χ4n) is 1.67. The van der Waals surface area contributed by atoms with Crippen LogP contribution in [0, 0.1) is 0 Å². The van der Waals surface area contributed by atoms with Crippen LogP contribution in [0.2, 0.25) is 0 Å². The molecule has 0 saturated carbocycles. The molecular formula is C12H20N4O3. The second kappa shape index (κ2) is 7.40. The first-order valence-electron chi connectivity index (χ1n) is 6.42. The van der Waals surface area contributed by atoms with Crippen molar-refractivity contribution < 1.29 is 9.59 Å². The molecule has 0 bridgehead atoms. The van der Waals surface area contributed by atoms with Crippen molar-refractivity contribution in [3.8, 4) is 0 Å². The van der Waals surface area contributed by atoms with E-state index in [2.05, 4.69) is 10.3 Å². The highest BCUT2D eigenvalue weighted by molar-refractivity contribution is 6.01. The largest absolute Gasteiger partial charge is 0.329 e. The predicted molar refractivity (Wildman–Crippen MR) is 70.7 cm³/mol. The third kappa shape index (κ3) is 4.27. The number of imide groups is 1. The number of hydrogen-bond acceptors (Lipinski definition) is 3. The Kier molecular flexibility index (Phi) is 5.84. The molecule has 3 amide bonds. The highest BCUT2D eigenvalue weighted by Gasteiger charge is 2.26. The van der Waals surface area contributed by atoms with Gasteiger partial charge in [0.25, 0.3) is 0 Å². The molecule has 1 aromatic rings. The zero-order valence-corrected chi connectivity index (χ0v) is 11.3. The van der Waals surface area contributed by atoms with E-state index in [1.165, 1.54) is 4.90 Å². The molecule has 7 heteroatoms. The van der Waals surface area contributed by atoms with Crippen molar-refractivity contribution in [2.24, 2.45) is 0 Å². The Hall–Kier alpha value is -2.05. The number of urea groups is 1. The summed E-state index contributed by atoms with van der Waals surface area (Å²) in [7, 11) is 0. The first-order chi connectivity index (χ1) is 9.10. The van der Waals surface area contributed by atoms with Gasteiger partial charge >= 0.3 is 11.7 Å². The molecule has 1 aliphatic rings. The van der Waals surface area contributed by atoms with Gasteiger partial charge in [-0.1, -0.05) is 13.8 Å². The van der Waals surface area contributed by atoms with E-state index in [0.717, 1.165) is 19.4 Å². The highest BCUT2D eigenvalue weighted by Crippen LogP contribution is 1.98. The number of carbonyl (C=O) groups is 2. The van der Waals surface area contributed by atoms with Crippen LogP contribution in [0.15, 0.2) is 17.2 Å². The van der Waals surface area contributed by atoms with E-state index in [9.17, 15) is 14.4 Å². The van der Waals surface area contributed by atoms with Crippen molar-refractivity contribution in [2.45, 2.75) is 33.2 Å². The minimum absolute atomic E-state index is 0.0168. The molecule has 1 fully saturated rings. The number of amides is 3. The number of imidazole rings is 1. The Labute approximate surface area is 111 Å². The van der Waals surface area contributed by atoms with Crippen molar-refractivity contribution in [3.05, 3.63) is 22.9 Å². The molecule has 19 heavy (non-hydrogen) atoms. The lowest BCUT2D eigenvalue weighted by Crippen LogP contribution is -2.31. The van der Waals surface area contributed by atoms with Gasteiger partial charge in [-0.25, -0.2) is 9.59 Å². The van der Waals surface area contributed by atoms with Gasteiger partial charge in [-0.3, -0.25) is 14.3 Å². The zero-order valence-electron chi connectivity index (χ0n) is 11.3. The molecule has 2 rings (SSSR count). The molecule has 1 aliphatic heterocycles. The molecule has 1 aromatic heterocycles. The number of H-pyrrole nitrogens is 1. The van der Waals surface area contributed by atoms with Gasteiger partial charge in [0.05, 0.1) is 6.54 Å². The number of aryl methyl sites for hydroxylation is 1. The van der Waals surface area contributed by atoms with Crippen LogP contribution < -0.4 is 11.0 Å². The molecule has 106 valence electrons. The van der Waals surface area contributed by atoms with Gasteiger partial charge in [0, 0.05) is 25.5 Å². The van der Waals surface area contributed by atoms with Gasteiger partial charge in [-0.15, -0.1) is 0 Å². The van der Waals surface area contributed by atoms with Crippen molar-refractivity contribution in [3.63, 3.8) is 0 Å². The minimum atomic E-state index is -0.258. The molecule has 2 heterocycles. The molecule has 0 unspecified atom stereocenters. The van der Waals surface area contributed by atoms with Gasteiger partial charge < -0.3 is 10.3 Å². The van der Waals surface area contributed by atoms with Crippen LogP contribution in [0.4, 0.5) is 4.79 Å². The number of aromatic amines is 1. The lowest BCUT2D eigenvalue weighted by atomic mass is 10.4. The van der Waals surface area contributed by atoms with Crippen LogP contribution in [0.3, 0.4) is 0 Å². The van der Waals surface area contributed by atoms with Gasteiger partial charge in [0.15, 0.2) is 0 Å². The van der Waals surface area contributed by atoms with E-state index >= 15 is 0 Å². The van der Waals surface area contributed by atoms with E-state index in [0.29, 0.717) is 6.54 Å². The van der Waals surface area contributed by atoms with Crippen molar-refractivity contribution in [1.82, 2.24) is 19.8 Å². The summed E-state index contributed by atoms with van der Waals surface area (Å²) < 4.78 is 1.65. The molecule has 0 atom stereocenters. The fraction of sp³-hybridized carbons (Fsp3) is 0.583. The zero-order chi connectivity index (χ0) is 14.3. The van der Waals surface area contributed by atoms with Crippen LogP contribution in [-0.2, 0) is 11.3 Å². The monoisotopic (exact) mass is 268 g/mol. The normalized spacial score (nSPS) is 14.1. The molecule has 2 N–H and O–H groups in total. The Morgan fingerprint density at radius 1 is 1.16 bits per heavy atom. The number of aromatic nitrogens is 2. The fourth-order valence-corrected chi connectivity index (χ4v) is 1.67. The van der Waals surface area contributed by atoms with Crippen LogP contribution >= 0.6 is 0 Å². The highest BCUT2D eigenvalue weighted by atomic mass is 16.2. The summed E-state index contributed by atoms with van der Waals surface area (Å²) in [5.41, 5.74) is -0.0168.